The molecule has 1 saturated carbocycles. The highest BCUT2D eigenvalue weighted by Gasteiger charge is 2.60. The van der Waals surface area contributed by atoms with E-state index < -0.39 is 0 Å². The van der Waals surface area contributed by atoms with Crippen LogP contribution in [0, 0.1) is 17.3 Å². The Morgan fingerprint density at radius 1 is 1.56 bits per heavy atom. The Balaban J connectivity index is 1.92. The Morgan fingerprint density at radius 2 is 2.28 bits per heavy atom. The van der Waals surface area contributed by atoms with Crippen LogP contribution in [0.15, 0.2) is 17.8 Å². The lowest BCUT2D eigenvalue weighted by molar-refractivity contribution is -0.123. The van der Waals surface area contributed by atoms with Gasteiger partial charge >= 0.3 is 0 Å². The second kappa shape index (κ2) is 4.55. The van der Waals surface area contributed by atoms with Crippen LogP contribution in [0.3, 0.4) is 0 Å². The topological polar surface area (TPSA) is 70.7 Å². The first-order valence-electron chi connectivity index (χ1n) is 6.20. The number of aromatic amines is 1. The molecule has 1 fully saturated rings. The summed E-state index contributed by atoms with van der Waals surface area (Å²) in [5.74, 6) is 0.518. The van der Waals surface area contributed by atoms with Crippen LogP contribution in [-0.4, -0.2) is 21.3 Å². The summed E-state index contributed by atoms with van der Waals surface area (Å²) in [4.78, 5) is 12.1. The van der Waals surface area contributed by atoms with Crippen LogP contribution in [0.5, 0.6) is 0 Å². The smallest absolute Gasteiger partial charge is 0.224 e. The molecule has 0 saturated heterocycles. The van der Waals surface area contributed by atoms with Crippen molar-refractivity contribution >= 4 is 5.91 Å². The summed E-state index contributed by atoms with van der Waals surface area (Å²) in [6.07, 6.45) is 3.81. The fourth-order valence-corrected chi connectivity index (χ4v) is 2.45. The van der Waals surface area contributed by atoms with Crippen molar-refractivity contribution in [1.29, 1.82) is 0 Å². The largest absolute Gasteiger partial charge is 0.350 e. The Hall–Kier alpha value is -1.65. The van der Waals surface area contributed by atoms with Crippen molar-refractivity contribution in [3.05, 3.63) is 23.5 Å². The first kappa shape index (κ1) is 12.8. The number of aromatic nitrogens is 3. The van der Waals surface area contributed by atoms with E-state index in [4.69, 9.17) is 0 Å². The summed E-state index contributed by atoms with van der Waals surface area (Å²) in [6.45, 7) is 8.84. The van der Waals surface area contributed by atoms with Crippen molar-refractivity contribution in [2.75, 3.05) is 0 Å². The maximum absolute atomic E-state index is 12.1. The van der Waals surface area contributed by atoms with Gasteiger partial charge in [0.1, 0.15) is 5.69 Å². The number of carbonyl (C=O) groups is 1. The molecular formula is C13H20N4O. The quantitative estimate of drug-likeness (QED) is 0.796. The van der Waals surface area contributed by atoms with Gasteiger partial charge in [0.2, 0.25) is 5.91 Å². The van der Waals surface area contributed by atoms with E-state index in [-0.39, 0.29) is 17.2 Å². The Kier molecular flexibility index (Phi) is 3.24. The molecule has 5 heteroatoms. The van der Waals surface area contributed by atoms with Gasteiger partial charge in [0.05, 0.1) is 18.7 Å². The molecule has 0 spiro atoms. The number of hydrogen-bond acceptors (Lipinski definition) is 3. The highest BCUT2D eigenvalue weighted by Crippen LogP contribution is 2.59. The molecule has 1 aliphatic carbocycles. The monoisotopic (exact) mass is 248 g/mol. The molecule has 1 amide bonds. The van der Waals surface area contributed by atoms with Gasteiger partial charge in [0.25, 0.3) is 0 Å². The SMILES string of the molecule is CC(C)=CC1C(C(=O)NCc2cn[nH]n2)C1(C)C. The molecular weight excluding hydrogens is 228 g/mol. The number of rotatable bonds is 4. The molecule has 18 heavy (non-hydrogen) atoms. The van der Waals surface area contributed by atoms with Crippen molar-refractivity contribution in [1.82, 2.24) is 20.7 Å². The molecule has 2 unspecified atom stereocenters. The number of H-pyrrole nitrogens is 1. The minimum Gasteiger partial charge on any atom is -0.350 e. The normalized spacial score (nSPS) is 24.4. The number of allylic oxidation sites excluding steroid dienone is 2. The van der Waals surface area contributed by atoms with Gasteiger partial charge in [-0.1, -0.05) is 25.5 Å². The lowest BCUT2D eigenvalue weighted by atomic mass is 10.1. The van der Waals surface area contributed by atoms with Crippen LogP contribution in [0.2, 0.25) is 0 Å². The van der Waals surface area contributed by atoms with E-state index in [1.54, 1.807) is 6.20 Å². The zero-order chi connectivity index (χ0) is 13.3. The third-order valence-corrected chi connectivity index (χ3v) is 3.61. The van der Waals surface area contributed by atoms with Gasteiger partial charge in [-0.25, -0.2) is 0 Å². The summed E-state index contributed by atoms with van der Waals surface area (Å²) >= 11 is 0. The zero-order valence-corrected chi connectivity index (χ0v) is 11.3. The number of nitrogens with one attached hydrogen (secondary N) is 2. The lowest BCUT2D eigenvalue weighted by Gasteiger charge is -2.03. The van der Waals surface area contributed by atoms with Gasteiger partial charge in [0, 0.05) is 0 Å². The molecule has 0 aliphatic heterocycles. The van der Waals surface area contributed by atoms with E-state index in [2.05, 4.69) is 54.5 Å². The van der Waals surface area contributed by atoms with Crippen molar-refractivity contribution in [2.45, 2.75) is 34.2 Å². The maximum Gasteiger partial charge on any atom is 0.224 e. The predicted molar refractivity (Wildman–Crippen MR) is 68.4 cm³/mol. The van der Waals surface area contributed by atoms with Crippen molar-refractivity contribution in [3.63, 3.8) is 0 Å². The Labute approximate surface area is 107 Å². The van der Waals surface area contributed by atoms with E-state index in [1.807, 2.05) is 0 Å². The highest BCUT2D eigenvalue weighted by atomic mass is 16.2. The molecule has 2 rings (SSSR count). The van der Waals surface area contributed by atoms with Gasteiger partial charge in [-0.15, -0.1) is 0 Å². The van der Waals surface area contributed by atoms with Gasteiger partial charge < -0.3 is 5.32 Å². The van der Waals surface area contributed by atoms with Gasteiger partial charge in [-0.3, -0.25) is 4.79 Å². The van der Waals surface area contributed by atoms with Gasteiger partial charge in [-0.2, -0.15) is 15.4 Å². The molecule has 0 bridgehead atoms. The number of carbonyl (C=O) groups excluding carboxylic acids is 1. The van der Waals surface area contributed by atoms with E-state index in [1.165, 1.54) is 5.57 Å². The fraction of sp³-hybridized carbons (Fsp3) is 0.615. The molecule has 2 atom stereocenters. The summed E-state index contributed by atoms with van der Waals surface area (Å²) in [5, 5.41) is 13.1. The summed E-state index contributed by atoms with van der Waals surface area (Å²) in [7, 11) is 0. The highest BCUT2D eigenvalue weighted by molar-refractivity contribution is 5.83. The molecule has 1 heterocycles. The number of nitrogens with zero attached hydrogens (tertiary/aromatic N) is 2. The van der Waals surface area contributed by atoms with E-state index >= 15 is 0 Å². The summed E-state index contributed by atoms with van der Waals surface area (Å²) < 4.78 is 0. The molecule has 0 radical (unpaired) electrons. The van der Waals surface area contributed by atoms with E-state index in [0.717, 1.165) is 5.69 Å². The first-order chi connectivity index (χ1) is 8.43. The molecule has 2 N–H and O–H groups in total. The maximum atomic E-state index is 12.1. The fourth-order valence-electron chi connectivity index (χ4n) is 2.45. The minimum atomic E-state index is 0.0607. The number of hydrogen-bond donors (Lipinski definition) is 2. The van der Waals surface area contributed by atoms with Crippen LogP contribution in [-0.2, 0) is 11.3 Å². The second-order valence-electron chi connectivity index (χ2n) is 5.75. The third-order valence-electron chi connectivity index (χ3n) is 3.61. The molecule has 5 nitrogen and oxygen atoms in total. The number of amides is 1. The Bertz CT molecular complexity index is 457. The van der Waals surface area contributed by atoms with Gasteiger partial charge in [-0.05, 0) is 25.2 Å². The average molecular weight is 248 g/mol. The first-order valence-corrected chi connectivity index (χ1v) is 6.20. The van der Waals surface area contributed by atoms with Gasteiger partial charge in [0.15, 0.2) is 0 Å². The summed E-state index contributed by atoms with van der Waals surface area (Å²) in [5.41, 5.74) is 2.07. The van der Waals surface area contributed by atoms with E-state index in [9.17, 15) is 4.79 Å². The van der Waals surface area contributed by atoms with Crippen LogP contribution < -0.4 is 5.32 Å². The van der Waals surface area contributed by atoms with Crippen LogP contribution >= 0.6 is 0 Å². The molecule has 0 aromatic carbocycles. The van der Waals surface area contributed by atoms with Crippen LogP contribution in [0.25, 0.3) is 0 Å². The van der Waals surface area contributed by atoms with E-state index in [0.29, 0.717) is 12.5 Å². The van der Waals surface area contributed by atoms with Crippen molar-refractivity contribution < 1.29 is 4.79 Å². The minimum absolute atomic E-state index is 0.0607. The molecule has 1 aromatic rings. The lowest BCUT2D eigenvalue weighted by Crippen LogP contribution is -2.26. The van der Waals surface area contributed by atoms with Crippen molar-refractivity contribution in [2.24, 2.45) is 17.3 Å². The van der Waals surface area contributed by atoms with Crippen LogP contribution in [0.1, 0.15) is 33.4 Å². The molecule has 1 aliphatic rings. The summed E-state index contributed by atoms with van der Waals surface area (Å²) in [6, 6.07) is 0. The Morgan fingerprint density at radius 3 is 2.83 bits per heavy atom. The molecule has 98 valence electrons. The van der Waals surface area contributed by atoms with Crippen LogP contribution in [0.4, 0.5) is 0 Å². The van der Waals surface area contributed by atoms with Crippen molar-refractivity contribution in [3.8, 4) is 0 Å². The third kappa shape index (κ3) is 2.44. The average Bonchev–Trinajstić information content (AvgIpc) is 2.70. The predicted octanol–water partition coefficient (Wildman–Crippen LogP) is 1.66. The standard InChI is InChI=1S/C13H20N4O/c1-8(2)5-10-11(13(10,3)4)12(18)14-6-9-7-15-17-16-9/h5,7,10-11H,6H2,1-4H3,(H,14,18)(H,15,16,17). The molecule has 1 aromatic heterocycles. The zero-order valence-electron chi connectivity index (χ0n) is 11.3. The second-order valence-corrected chi connectivity index (χ2v) is 5.75.